The lowest BCUT2D eigenvalue weighted by atomic mass is 9.40. The van der Waals surface area contributed by atoms with Crippen LogP contribution in [0.2, 0.25) is 0 Å². The van der Waals surface area contributed by atoms with E-state index in [1.54, 1.807) is 15.4 Å². The first-order valence-electron chi connectivity index (χ1n) is 7.79. The summed E-state index contributed by atoms with van der Waals surface area (Å²) in [5.74, 6) is 0.353. The highest BCUT2D eigenvalue weighted by Gasteiger charge is 2.71. The van der Waals surface area contributed by atoms with Crippen LogP contribution in [0.15, 0.2) is 23.3 Å². The summed E-state index contributed by atoms with van der Waals surface area (Å²) >= 11 is 0. The lowest BCUT2D eigenvalue weighted by Crippen LogP contribution is -2.69. The second-order valence-electron chi connectivity index (χ2n) is 7.12. The smallest absolute Gasteiger partial charge is 0.271 e. The lowest BCUT2D eigenvalue weighted by Gasteiger charge is -2.65. The highest BCUT2D eigenvalue weighted by atomic mass is 19.1. The number of aromatic nitrogens is 4. The van der Waals surface area contributed by atoms with Crippen molar-refractivity contribution in [3.63, 3.8) is 0 Å². The van der Waals surface area contributed by atoms with Gasteiger partial charge in [0, 0.05) is 12.6 Å². The van der Waals surface area contributed by atoms with E-state index >= 15 is 0 Å². The fourth-order valence-corrected chi connectivity index (χ4v) is 4.61. The molecule has 1 aliphatic heterocycles. The van der Waals surface area contributed by atoms with E-state index < -0.39 is 5.82 Å². The van der Waals surface area contributed by atoms with Crippen molar-refractivity contribution in [2.75, 3.05) is 0 Å². The van der Waals surface area contributed by atoms with Gasteiger partial charge in [-0.2, -0.15) is 10.4 Å². The Hall–Kier alpha value is -2.49. The van der Waals surface area contributed by atoms with Gasteiger partial charge in [0.05, 0.1) is 29.3 Å². The summed E-state index contributed by atoms with van der Waals surface area (Å²) in [6.45, 7) is 0. The quantitative estimate of drug-likeness (QED) is 0.842. The van der Waals surface area contributed by atoms with Crippen LogP contribution in [0, 0.1) is 22.6 Å². The number of pyridine rings is 1. The van der Waals surface area contributed by atoms with Gasteiger partial charge in [-0.25, -0.2) is 13.9 Å². The summed E-state index contributed by atoms with van der Waals surface area (Å²) in [7, 11) is 0. The molecule has 0 unspecified atom stereocenters. The number of fused-ring (bicyclic) bond motifs is 1. The standard InChI is InChI=1S/C16H14FN5O/c17-11-3-10(4-19-5-11)12-1-2-13-20-22(14(23)21(12)13)16-6-15(7-16,8-16)9-18/h3-5,12H,1-2,6-8H2/t12-,15?,16?/m0/s1. The minimum atomic E-state index is -0.397. The maximum absolute atomic E-state index is 13.4. The van der Waals surface area contributed by atoms with E-state index in [0.29, 0.717) is 12.0 Å². The van der Waals surface area contributed by atoms with Crippen molar-refractivity contribution < 1.29 is 4.39 Å². The maximum Gasteiger partial charge on any atom is 0.347 e. The Morgan fingerprint density at radius 2 is 2.13 bits per heavy atom. The van der Waals surface area contributed by atoms with Crippen LogP contribution in [0.1, 0.15) is 43.1 Å². The zero-order valence-corrected chi connectivity index (χ0v) is 12.4. The zero-order valence-electron chi connectivity index (χ0n) is 12.4. The van der Waals surface area contributed by atoms with Gasteiger partial charge in [0.2, 0.25) is 0 Å². The van der Waals surface area contributed by atoms with Crippen LogP contribution in [0.5, 0.6) is 0 Å². The molecule has 2 aromatic rings. The summed E-state index contributed by atoms with van der Waals surface area (Å²) in [5, 5.41) is 13.7. The van der Waals surface area contributed by atoms with Crippen molar-refractivity contribution in [1.29, 1.82) is 5.26 Å². The summed E-state index contributed by atoms with van der Waals surface area (Å²) in [6, 6.07) is 3.58. The molecule has 7 heteroatoms. The predicted molar refractivity (Wildman–Crippen MR) is 77.0 cm³/mol. The number of nitrogens with zero attached hydrogens (tertiary/aromatic N) is 5. The van der Waals surface area contributed by atoms with Gasteiger partial charge in [0.1, 0.15) is 11.6 Å². The van der Waals surface area contributed by atoms with E-state index in [1.807, 2.05) is 0 Å². The van der Waals surface area contributed by atoms with E-state index in [-0.39, 0.29) is 22.7 Å². The minimum Gasteiger partial charge on any atom is -0.271 e. The van der Waals surface area contributed by atoms with E-state index in [2.05, 4.69) is 16.2 Å². The first-order chi connectivity index (χ1) is 11.1. The Morgan fingerprint density at radius 1 is 1.35 bits per heavy atom. The lowest BCUT2D eigenvalue weighted by molar-refractivity contribution is -0.155. The van der Waals surface area contributed by atoms with Crippen molar-refractivity contribution in [1.82, 2.24) is 19.3 Å². The predicted octanol–water partition coefficient (Wildman–Crippen LogP) is 1.52. The number of nitriles is 1. The van der Waals surface area contributed by atoms with Crippen LogP contribution < -0.4 is 5.69 Å². The second kappa shape index (κ2) is 3.88. The third kappa shape index (κ3) is 1.48. The molecule has 3 fully saturated rings. The van der Waals surface area contributed by atoms with E-state index in [1.165, 1.54) is 6.07 Å². The van der Waals surface area contributed by atoms with Gasteiger partial charge in [0.15, 0.2) is 0 Å². The van der Waals surface area contributed by atoms with Gasteiger partial charge < -0.3 is 0 Å². The Labute approximate surface area is 131 Å². The van der Waals surface area contributed by atoms with Crippen LogP contribution in [0.4, 0.5) is 4.39 Å². The molecule has 0 spiro atoms. The summed E-state index contributed by atoms with van der Waals surface area (Å²) < 4.78 is 16.7. The SMILES string of the molecule is N#CC12CC(n3nc4n(c3=O)[C@H](c3cncc(F)c3)CC4)(C1)C2. The minimum absolute atomic E-state index is 0.141. The average Bonchev–Trinajstić information content (AvgIpc) is 2.99. The van der Waals surface area contributed by atoms with Crippen LogP contribution >= 0.6 is 0 Å². The fraction of sp³-hybridized carbons (Fsp3) is 0.500. The van der Waals surface area contributed by atoms with Crippen LogP contribution in [-0.4, -0.2) is 19.3 Å². The molecule has 116 valence electrons. The third-order valence-electron chi connectivity index (χ3n) is 5.63. The topological polar surface area (TPSA) is 76.5 Å². The first kappa shape index (κ1) is 13.0. The number of aryl methyl sites for hydroxylation is 1. The molecule has 3 saturated carbocycles. The van der Waals surface area contributed by atoms with Gasteiger partial charge in [-0.05, 0) is 37.3 Å². The third-order valence-corrected chi connectivity index (χ3v) is 5.63. The van der Waals surface area contributed by atoms with Gasteiger partial charge in [-0.3, -0.25) is 9.55 Å². The van der Waals surface area contributed by atoms with Gasteiger partial charge in [0.25, 0.3) is 0 Å². The molecule has 3 heterocycles. The molecule has 0 radical (unpaired) electrons. The van der Waals surface area contributed by atoms with Crippen molar-refractivity contribution in [3.05, 3.63) is 46.1 Å². The molecular formula is C16H14FN5O. The van der Waals surface area contributed by atoms with Crippen molar-refractivity contribution in [2.45, 2.75) is 43.7 Å². The molecule has 6 rings (SSSR count). The fourth-order valence-electron chi connectivity index (χ4n) is 4.61. The Bertz CT molecular complexity index is 917. The van der Waals surface area contributed by atoms with Crippen LogP contribution in [0.25, 0.3) is 0 Å². The first-order valence-corrected chi connectivity index (χ1v) is 7.79. The Kier molecular flexibility index (Phi) is 2.19. The van der Waals surface area contributed by atoms with E-state index in [4.69, 9.17) is 5.26 Å². The van der Waals surface area contributed by atoms with Gasteiger partial charge in [-0.1, -0.05) is 0 Å². The van der Waals surface area contributed by atoms with Crippen molar-refractivity contribution >= 4 is 0 Å². The Morgan fingerprint density at radius 3 is 2.83 bits per heavy atom. The summed E-state index contributed by atoms with van der Waals surface area (Å²) in [4.78, 5) is 16.7. The molecule has 0 saturated heterocycles. The molecule has 2 aromatic heterocycles. The number of hydrogen-bond donors (Lipinski definition) is 0. The van der Waals surface area contributed by atoms with Crippen molar-refractivity contribution in [3.8, 4) is 6.07 Å². The van der Waals surface area contributed by atoms with E-state index in [9.17, 15) is 9.18 Å². The normalized spacial score (nSPS) is 33.5. The molecule has 23 heavy (non-hydrogen) atoms. The molecule has 4 aliphatic rings. The van der Waals surface area contributed by atoms with Gasteiger partial charge >= 0.3 is 5.69 Å². The molecular weight excluding hydrogens is 297 g/mol. The molecule has 0 amide bonds. The molecule has 0 aromatic carbocycles. The highest BCUT2D eigenvalue weighted by Crippen LogP contribution is 2.70. The summed E-state index contributed by atoms with van der Waals surface area (Å²) in [5.41, 5.74) is 0.0864. The van der Waals surface area contributed by atoms with Crippen LogP contribution in [0.3, 0.4) is 0 Å². The molecule has 6 nitrogen and oxygen atoms in total. The molecule has 2 bridgehead atoms. The Balaban J connectivity index is 1.55. The summed E-state index contributed by atoms with van der Waals surface area (Å²) in [6.07, 6.45) is 6.37. The largest absolute Gasteiger partial charge is 0.347 e. The van der Waals surface area contributed by atoms with Crippen LogP contribution in [-0.2, 0) is 12.0 Å². The number of rotatable bonds is 2. The highest BCUT2D eigenvalue weighted by molar-refractivity contribution is 5.29. The maximum atomic E-state index is 13.4. The zero-order chi connectivity index (χ0) is 15.8. The second-order valence-corrected chi connectivity index (χ2v) is 7.12. The monoisotopic (exact) mass is 311 g/mol. The molecule has 0 N–H and O–H groups in total. The number of halogens is 1. The van der Waals surface area contributed by atoms with Crippen molar-refractivity contribution in [2.24, 2.45) is 5.41 Å². The van der Waals surface area contributed by atoms with E-state index in [0.717, 1.165) is 37.7 Å². The number of hydrogen-bond acceptors (Lipinski definition) is 4. The van der Waals surface area contributed by atoms with Gasteiger partial charge in [-0.15, -0.1) is 0 Å². The molecule has 3 aliphatic carbocycles. The molecule has 1 atom stereocenters. The average molecular weight is 311 g/mol.